The zero-order valence-corrected chi connectivity index (χ0v) is 10.9. The molecule has 0 aliphatic heterocycles. The fourth-order valence-electron chi connectivity index (χ4n) is 1.33. The van der Waals surface area contributed by atoms with Crippen LogP contribution in [-0.4, -0.2) is 31.4 Å². The Kier molecular flexibility index (Phi) is 5.07. The molecule has 0 amide bonds. The molecule has 0 atom stereocenters. The fraction of sp³-hybridized carbons (Fsp3) is 0.455. The first-order valence-corrected chi connectivity index (χ1v) is 6.83. The molecule has 1 aromatic carbocycles. The van der Waals surface area contributed by atoms with E-state index in [1.54, 1.807) is 19.1 Å². The van der Waals surface area contributed by atoms with Gasteiger partial charge in [-0.3, -0.25) is 0 Å². The Hall–Kier alpha value is -0.950. The lowest BCUT2D eigenvalue weighted by atomic mass is 10.1. The second-order valence-corrected chi connectivity index (χ2v) is 5.53. The second-order valence-electron chi connectivity index (χ2n) is 3.67. The normalized spacial score (nSPS) is 12.0. The van der Waals surface area contributed by atoms with E-state index >= 15 is 0 Å². The predicted octanol–water partition coefficient (Wildman–Crippen LogP) is 0.465. The number of hydrogen-bond donors (Lipinski definition) is 2. The lowest BCUT2D eigenvalue weighted by Gasteiger charge is -2.16. The lowest BCUT2D eigenvalue weighted by Crippen LogP contribution is -2.37. The van der Waals surface area contributed by atoms with Gasteiger partial charge in [0.25, 0.3) is 10.2 Å². The molecule has 0 aliphatic carbocycles. The third-order valence-corrected chi connectivity index (χ3v) is 4.18. The van der Waals surface area contributed by atoms with Crippen LogP contribution in [0.3, 0.4) is 0 Å². The number of nitrogens with one attached hydrogen (secondary N) is 1. The molecular weight excluding hydrogens is 240 g/mol. The lowest BCUT2D eigenvalue weighted by molar-refractivity contribution is 0.280. The van der Waals surface area contributed by atoms with Crippen LogP contribution in [-0.2, 0) is 23.4 Å². The van der Waals surface area contributed by atoms with E-state index in [1.807, 2.05) is 12.1 Å². The fourth-order valence-corrected chi connectivity index (χ4v) is 2.23. The molecule has 0 heterocycles. The van der Waals surface area contributed by atoms with E-state index in [4.69, 9.17) is 5.11 Å². The van der Waals surface area contributed by atoms with Gasteiger partial charge in [0.1, 0.15) is 0 Å². The van der Waals surface area contributed by atoms with Gasteiger partial charge in [0.05, 0.1) is 6.61 Å². The molecular formula is C11H18N2O3S. The van der Waals surface area contributed by atoms with Crippen LogP contribution in [0.5, 0.6) is 0 Å². The summed E-state index contributed by atoms with van der Waals surface area (Å²) in [7, 11) is -1.92. The molecule has 96 valence electrons. The van der Waals surface area contributed by atoms with Gasteiger partial charge in [0, 0.05) is 20.1 Å². The zero-order valence-electron chi connectivity index (χ0n) is 10.0. The van der Waals surface area contributed by atoms with Crippen molar-refractivity contribution in [2.24, 2.45) is 0 Å². The van der Waals surface area contributed by atoms with Gasteiger partial charge in [-0.25, -0.2) is 0 Å². The Bertz CT molecular complexity index is 460. The van der Waals surface area contributed by atoms with Crippen molar-refractivity contribution in [1.29, 1.82) is 0 Å². The van der Waals surface area contributed by atoms with Crippen molar-refractivity contribution in [2.75, 3.05) is 13.6 Å². The summed E-state index contributed by atoms with van der Waals surface area (Å²) in [5, 5.41) is 9.12. The Balaban J connectivity index is 2.74. The molecule has 0 bridgehead atoms. The summed E-state index contributed by atoms with van der Waals surface area (Å²) in [6.45, 7) is 2.27. The van der Waals surface area contributed by atoms with E-state index in [0.717, 1.165) is 11.1 Å². The molecule has 0 aliphatic rings. The number of benzene rings is 1. The van der Waals surface area contributed by atoms with Gasteiger partial charge >= 0.3 is 0 Å². The molecule has 5 nitrogen and oxygen atoms in total. The van der Waals surface area contributed by atoms with Gasteiger partial charge in [-0.15, -0.1) is 0 Å². The van der Waals surface area contributed by atoms with Crippen LogP contribution in [0.1, 0.15) is 18.1 Å². The van der Waals surface area contributed by atoms with Crippen LogP contribution in [0.4, 0.5) is 0 Å². The Morgan fingerprint density at radius 3 is 2.41 bits per heavy atom. The minimum Gasteiger partial charge on any atom is -0.392 e. The van der Waals surface area contributed by atoms with E-state index < -0.39 is 10.2 Å². The van der Waals surface area contributed by atoms with Gasteiger partial charge in [-0.1, -0.05) is 31.2 Å². The third kappa shape index (κ3) is 3.78. The van der Waals surface area contributed by atoms with Crippen LogP contribution in [0, 0.1) is 0 Å². The topological polar surface area (TPSA) is 69.6 Å². The van der Waals surface area contributed by atoms with Gasteiger partial charge in [-0.05, 0) is 11.1 Å². The van der Waals surface area contributed by atoms with Crippen LogP contribution in [0.2, 0.25) is 0 Å². The van der Waals surface area contributed by atoms with E-state index in [9.17, 15) is 8.42 Å². The first kappa shape index (κ1) is 14.1. The van der Waals surface area contributed by atoms with Crippen LogP contribution < -0.4 is 4.72 Å². The summed E-state index contributed by atoms with van der Waals surface area (Å²) >= 11 is 0. The van der Waals surface area contributed by atoms with E-state index in [1.165, 1.54) is 11.4 Å². The average Bonchev–Trinajstić information content (AvgIpc) is 2.35. The summed E-state index contributed by atoms with van der Waals surface area (Å²) < 4.78 is 27.1. The zero-order chi connectivity index (χ0) is 12.9. The molecule has 0 aromatic heterocycles. The van der Waals surface area contributed by atoms with E-state index in [-0.39, 0.29) is 13.2 Å². The maximum Gasteiger partial charge on any atom is 0.279 e. The second kappa shape index (κ2) is 6.11. The Labute approximate surface area is 102 Å². The summed E-state index contributed by atoms with van der Waals surface area (Å²) in [6.07, 6.45) is 0. The van der Waals surface area contributed by atoms with Crippen molar-refractivity contribution >= 4 is 10.2 Å². The highest BCUT2D eigenvalue weighted by molar-refractivity contribution is 7.87. The molecule has 0 unspecified atom stereocenters. The average molecular weight is 258 g/mol. The predicted molar refractivity (Wildman–Crippen MR) is 66.4 cm³/mol. The van der Waals surface area contributed by atoms with Crippen LogP contribution >= 0.6 is 0 Å². The molecule has 0 saturated carbocycles. The van der Waals surface area contributed by atoms with Gasteiger partial charge in [-0.2, -0.15) is 17.4 Å². The first-order chi connectivity index (χ1) is 8.01. The highest BCUT2D eigenvalue weighted by Crippen LogP contribution is 2.09. The van der Waals surface area contributed by atoms with E-state index in [2.05, 4.69) is 4.72 Å². The molecule has 17 heavy (non-hydrogen) atoms. The maximum atomic E-state index is 11.7. The number of nitrogens with zero attached hydrogens (tertiary/aromatic N) is 1. The summed E-state index contributed by atoms with van der Waals surface area (Å²) in [5.41, 5.74) is 1.51. The van der Waals surface area contributed by atoms with Crippen molar-refractivity contribution in [3.05, 3.63) is 35.4 Å². The molecule has 1 aromatic rings. The highest BCUT2D eigenvalue weighted by atomic mass is 32.2. The van der Waals surface area contributed by atoms with Crippen molar-refractivity contribution in [3.8, 4) is 0 Å². The number of hydrogen-bond acceptors (Lipinski definition) is 3. The largest absolute Gasteiger partial charge is 0.392 e. The molecule has 0 radical (unpaired) electrons. The van der Waals surface area contributed by atoms with Crippen molar-refractivity contribution in [2.45, 2.75) is 20.1 Å². The van der Waals surface area contributed by atoms with Gasteiger partial charge < -0.3 is 5.11 Å². The van der Waals surface area contributed by atoms with Crippen LogP contribution in [0.25, 0.3) is 0 Å². The standard InChI is InChI=1S/C11H18N2O3S/c1-3-13(2)17(15,16)12-8-10-6-4-5-7-11(10)9-14/h4-7,12,14H,3,8-9H2,1-2H3. The Morgan fingerprint density at radius 1 is 1.29 bits per heavy atom. The van der Waals surface area contributed by atoms with E-state index in [0.29, 0.717) is 6.54 Å². The molecule has 0 spiro atoms. The highest BCUT2D eigenvalue weighted by Gasteiger charge is 2.15. The molecule has 0 fully saturated rings. The molecule has 0 saturated heterocycles. The molecule has 1 rings (SSSR count). The maximum absolute atomic E-state index is 11.7. The van der Waals surface area contributed by atoms with Crippen molar-refractivity contribution in [1.82, 2.24) is 9.03 Å². The third-order valence-electron chi connectivity index (χ3n) is 2.59. The Morgan fingerprint density at radius 2 is 1.88 bits per heavy atom. The summed E-state index contributed by atoms with van der Waals surface area (Å²) in [5.74, 6) is 0. The molecule has 6 heteroatoms. The SMILES string of the molecule is CCN(C)S(=O)(=O)NCc1ccccc1CO. The number of aliphatic hydroxyl groups is 1. The van der Waals surface area contributed by atoms with Crippen LogP contribution in [0.15, 0.2) is 24.3 Å². The minimum atomic E-state index is -3.43. The smallest absolute Gasteiger partial charge is 0.279 e. The quantitative estimate of drug-likeness (QED) is 0.779. The summed E-state index contributed by atoms with van der Waals surface area (Å²) in [4.78, 5) is 0. The molecule has 2 N–H and O–H groups in total. The summed E-state index contributed by atoms with van der Waals surface area (Å²) in [6, 6.07) is 7.18. The van der Waals surface area contributed by atoms with Gasteiger partial charge in [0.2, 0.25) is 0 Å². The number of rotatable bonds is 6. The first-order valence-electron chi connectivity index (χ1n) is 5.39. The minimum absolute atomic E-state index is 0.0957. The monoisotopic (exact) mass is 258 g/mol. The van der Waals surface area contributed by atoms with Crippen molar-refractivity contribution in [3.63, 3.8) is 0 Å². The van der Waals surface area contributed by atoms with Gasteiger partial charge in [0.15, 0.2) is 0 Å². The number of aliphatic hydroxyl groups excluding tert-OH is 1. The van der Waals surface area contributed by atoms with Crippen molar-refractivity contribution < 1.29 is 13.5 Å².